The minimum absolute atomic E-state index is 0.0241. The number of thiophene rings is 1. The lowest BCUT2D eigenvalue weighted by molar-refractivity contribution is 0.147. The SMILES string of the molecule is O=S(=O)(c1ccc(Nc2nccc(C3CNc4ccc(F)cc43)n2)cc1)N(CCN1CCCC1)C1CCN(Cc2ccsc2)CC1. The van der Waals surface area contributed by atoms with Crippen molar-refractivity contribution in [3.63, 3.8) is 0 Å². The van der Waals surface area contributed by atoms with Gasteiger partial charge in [-0.05, 0) is 115 Å². The van der Waals surface area contributed by atoms with Crippen molar-refractivity contribution in [1.29, 1.82) is 0 Å². The Kier molecular flexibility index (Phi) is 9.32. The van der Waals surface area contributed by atoms with Gasteiger partial charge in [-0.1, -0.05) is 0 Å². The van der Waals surface area contributed by atoms with Crippen LogP contribution < -0.4 is 10.6 Å². The zero-order valence-electron chi connectivity index (χ0n) is 25.8. The molecule has 0 bridgehead atoms. The van der Waals surface area contributed by atoms with Crippen LogP contribution in [-0.4, -0.2) is 84.3 Å². The number of anilines is 3. The molecule has 0 amide bonds. The van der Waals surface area contributed by atoms with Crippen molar-refractivity contribution < 1.29 is 12.8 Å². The zero-order valence-corrected chi connectivity index (χ0v) is 27.4. The number of nitrogens with one attached hydrogen (secondary N) is 2. The first kappa shape index (κ1) is 31.2. The number of nitrogens with zero attached hydrogens (tertiary/aromatic N) is 5. The largest absolute Gasteiger partial charge is 0.384 e. The van der Waals surface area contributed by atoms with Crippen molar-refractivity contribution in [2.45, 2.75) is 49.1 Å². The molecule has 4 aromatic rings. The van der Waals surface area contributed by atoms with Gasteiger partial charge in [-0.2, -0.15) is 15.6 Å². The lowest BCUT2D eigenvalue weighted by Crippen LogP contribution is -2.49. The van der Waals surface area contributed by atoms with Crippen molar-refractivity contribution in [1.82, 2.24) is 24.1 Å². The third kappa shape index (κ3) is 6.96. The van der Waals surface area contributed by atoms with E-state index in [9.17, 15) is 12.8 Å². The average Bonchev–Trinajstić information content (AvgIpc) is 3.85. The fourth-order valence-electron chi connectivity index (χ4n) is 6.92. The van der Waals surface area contributed by atoms with E-state index in [0.717, 1.165) is 69.1 Å². The Labute approximate surface area is 274 Å². The summed E-state index contributed by atoms with van der Waals surface area (Å²) in [5.74, 6) is 0.0410. The number of hydrogen-bond acceptors (Lipinski definition) is 9. The Balaban J connectivity index is 1.04. The van der Waals surface area contributed by atoms with E-state index in [1.807, 2.05) is 6.07 Å². The van der Waals surface area contributed by atoms with Gasteiger partial charge in [0.25, 0.3) is 0 Å². The quantitative estimate of drug-likeness (QED) is 0.211. The molecule has 2 fully saturated rings. The monoisotopic (exact) mass is 661 g/mol. The highest BCUT2D eigenvalue weighted by Gasteiger charge is 2.34. The summed E-state index contributed by atoms with van der Waals surface area (Å²) < 4.78 is 44.1. The summed E-state index contributed by atoms with van der Waals surface area (Å²) >= 11 is 1.71. The van der Waals surface area contributed by atoms with Crippen LogP contribution in [0.25, 0.3) is 0 Å². The zero-order chi connectivity index (χ0) is 31.5. The molecule has 3 aliphatic rings. The summed E-state index contributed by atoms with van der Waals surface area (Å²) in [6.07, 6.45) is 5.69. The van der Waals surface area contributed by atoms with Crippen LogP contribution in [0.2, 0.25) is 0 Å². The molecular formula is C34H40FN7O2S2. The highest BCUT2D eigenvalue weighted by molar-refractivity contribution is 7.89. The first-order valence-corrected chi connectivity index (χ1v) is 18.5. The number of hydrogen-bond donors (Lipinski definition) is 2. The van der Waals surface area contributed by atoms with E-state index in [1.165, 1.54) is 24.5 Å². The lowest BCUT2D eigenvalue weighted by atomic mass is 9.97. The number of piperidine rings is 1. The summed E-state index contributed by atoms with van der Waals surface area (Å²) in [4.78, 5) is 14.2. The first-order valence-electron chi connectivity index (χ1n) is 16.1. The first-order chi connectivity index (χ1) is 22.4. The van der Waals surface area contributed by atoms with E-state index >= 15 is 0 Å². The predicted molar refractivity (Wildman–Crippen MR) is 181 cm³/mol. The fraction of sp³-hybridized carbons (Fsp3) is 0.412. The summed E-state index contributed by atoms with van der Waals surface area (Å²) in [7, 11) is -3.71. The molecule has 0 spiro atoms. The molecule has 2 N–H and O–H groups in total. The number of likely N-dealkylation sites (tertiary alicyclic amines) is 2. The fourth-order valence-corrected chi connectivity index (χ4v) is 9.26. The van der Waals surface area contributed by atoms with Crippen molar-refractivity contribution in [2.24, 2.45) is 0 Å². The van der Waals surface area contributed by atoms with E-state index in [0.29, 0.717) is 29.6 Å². The van der Waals surface area contributed by atoms with Gasteiger partial charge >= 0.3 is 0 Å². The number of halogens is 1. The Hall–Kier alpha value is -3.42. The second-order valence-corrected chi connectivity index (χ2v) is 15.1. The van der Waals surface area contributed by atoms with Crippen LogP contribution >= 0.6 is 11.3 Å². The standard InChI is InChI=1S/C34H40FN7O2S2/c35-26-3-8-32-30(21-26)31(22-37-32)33-9-13-36-34(39-33)38-27-4-6-29(7-5-27)46(43,44)42(19-18-40-14-1-2-15-40)28-10-16-41(17-11-28)23-25-12-20-45-24-25/h3-9,12-13,20-21,24,28,31,37H,1-2,10-11,14-19,22-23H2,(H,36,38,39). The van der Waals surface area contributed by atoms with Crippen LogP contribution in [0.4, 0.5) is 21.7 Å². The maximum absolute atomic E-state index is 14.2. The molecule has 46 heavy (non-hydrogen) atoms. The lowest BCUT2D eigenvalue weighted by Gasteiger charge is -2.38. The second-order valence-electron chi connectivity index (χ2n) is 12.4. The summed E-state index contributed by atoms with van der Waals surface area (Å²) in [5, 5.41) is 10.8. The molecule has 2 saturated heterocycles. The van der Waals surface area contributed by atoms with Gasteiger partial charge in [0.2, 0.25) is 16.0 Å². The highest BCUT2D eigenvalue weighted by Crippen LogP contribution is 2.36. The molecule has 0 radical (unpaired) electrons. The topological polar surface area (TPSA) is 93.7 Å². The second kappa shape index (κ2) is 13.7. The van der Waals surface area contributed by atoms with Crippen molar-refractivity contribution >= 4 is 38.7 Å². The van der Waals surface area contributed by atoms with Gasteiger partial charge in [0.15, 0.2) is 0 Å². The number of sulfonamides is 1. The van der Waals surface area contributed by atoms with Crippen LogP contribution in [0.5, 0.6) is 0 Å². The van der Waals surface area contributed by atoms with Gasteiger partial charge in [-0.15, -0.1) is 0 Å². The van der Waals surface area contributed by atoms with Crippen molar-refractivity contribution in [2.75, 3.05) is 56.4 Å². The maximum Gasteiger partial charge on any atom is 0.243 e. The summed E-state index contributed by atoms with van der Waals surface area (Å²) in [6, 6.07) is 15.6. The molecule has 0 saturated carbocycles. The summed E-state index contributed by atoms with van der Waals surface area (Å²) in [5.41, 5.74) is 4.58. The normalized spacial score (nSPS) is 19.4. The van der Waals surface area contributed by atoms with Gasteiger partial charge in [0, 0.05) is 68.8 Å². The van der Waals surface area contributed by atoms with Gasteiger partial charge in [0.05, 0.1) is 10.6 Å². The van der Waals surface area contributed by atoms with Crippen molar-refractivity contribution in [3.05, 3.63) is 94.2 Å². The van der Waals surface area contributed by atoms with E-state index < -0.39 is 10.0 Å². The Bertz CT molecular complexity index is 1720. The Morgan fingerprint density at radius 3 is 2.57 bits per heavy atom. The van der Waals surface area contributed by atoms with Crippen LogP contribution in [0.15, 0.2) is 76.4 Å². The van der Waals surface area contributed by atoms with Gasteiger partial charge < -0.3 is 15.5 Å². The number of aromatic nitrogens is 2. The van der Waals surface area contributed by atoms with Crippen LogP contribution in [0.1, 0.15) is 48.4 Å². The molecule has 1 unspecified atom stereocenters. The summed E-state index contributed by atoms with van der Waals surface area (Å²) in [6.45, 7) is 6.65. The highest BCUT2D eigenvalue weighted by atomic mass is 32.2. The van der Waals surface area contributed by atoms with Gasteiger partial charge in [-0.3, -0.25) is 4.90 Å². The third-order valence-corrected chi connectivity index (χ3v) is 12.1. The van der Waals surface area contributed by atoms with Gasteiger partial charge in [0.1, 0.15) is 5.82 Å². The van der Waals surface area contributed by atoms with Crippen LogP contribution in [-0.2, 0) is 16.6 Å². The molecular weight excluding hydrogens is 622 g/mol. The molecule has 1 atom stereocenters. The molecule has 2 aromatic carbocycles. The molecule has 3 aliphatic heterocycles. The Morgan fingerprint density at radius 2 is 1.80 bits per heavy atom. The van der Waals surface area contributed by atoms with Crippen LogP contribution in [0, 0.1) is 5.82 Å². The molecule has 242 valence electrons. The third-order valence-electron chi connectivity index (χ3n) is 9.42. The predicted octanol–water partition coefficient (Wildman–Crippen LogP) is 5.73. The van der Waals surface area contributed by atoms with Gasteiger partial charge in [-0.25, -0.2) is 22.8 Å². The van der Waals surface area contributed by atoms with E-state index in [4.69, 9.17) is 4.98 Å². The maximum atomic E-state index is 14.2. The molecule has 5 heterocycles. The van der Waals surface area contributed by atoms with E-state index in [1.54, 1.807) is 58.2 Å². The minimum Gasteiger partial charge on any atom is -0.384 e. The van der Waals surface area contributed by atoms with Crippen molar-refractivity contribution in [3.8, 4) is 0 Å². The average molecular weight is 662 g/mol. The number of rotatable bonds is 11. The molecule has 12 heteroatoms. The van der Waals surface area contributed by atoms with E-state index in [-0.39, 0.29) is 17.8 Å². The Morgan fingerprint density at radius 1 is 1.00 bits per heavy atom. The van der Waals surface area contributed by atoms with Crippen LogP contribution in [0.3, 0.4) is 0 Å². The minimum atomic E-state index is -3.71. The number of benzene rings is 2. The molecule has 2 aromatic heterocycles. The molecule has 9 nitrogen and oxygen atoms in total. The molecule has 7 rings (SSSR count). The molecule has 0 aliphatic carbocycles. The van der Waals surface area contributed by atoms with E-state index in [2.05, 4.69) is 42.2 Å². The smallest absolute Gasteiger partial charge is 0.243 e. The number of fused-ring (bicyclic) bond motifs is 1.